The smallest absolute Gasteiger partial charge is 0.316 e. The fourth-order valence-corrected chi connectivity index (χ4v) is 2.53. The maximum atomic E-state index is 10.7. The Labute approximate surface area is 135 Å². The Balaban J connectivity index is 1.48. The summed E-state index contributed by atoms with van der Waals surface area (Å²) in [5.41, 5.74) is 2.36. The first-order valence-electron chi connectivity index (χ1n) is 7.73. The van der Waals surface area contributed by atoms with Gasteiger partial charge in [0.05, 0.1) is 0 Å². The largest absolute Gasteiger partial charge is 0.459 e. The van der Waals surface area contributed by atoms with Crippen LogP contribution in [0, 0.1) is 0 Å². The topological polar surface area (TPSA) is 58.6 Å². The van der Waals surface area contributed by atoms with E-state index in [1.165, 1.54) is 5.56 Å². The number of carbonyl (C=O) groups excluding carboxylic acids is 1. The lowest BCUT2D eigenvalue weighted by Gasteiger charge is -2.32. The van der Waals surface area contributed by atoms with Crippen molar-refractivity contribution in [1.29, 1.82) is 0 Å². The van der Waals surface area contributed by atoms with E-state index in [2.05, 4.69) is 39.1 Å². The third kappa shape index (κ3) is 4.50. The summed E-state index contributed by atoms with van der Waals surface area (Å²) in [5.74, 6) is 0. The molecule has 3 rings (SSSR count). The number of carbonyl (C=O) groups is 1. The van der Waals surface area contributed by atoms with E-state index in [9.17, 15) is 4.79 Å². The van der Waals surface area contributed by atoms with Crippen molar-refractivity contribution >= 4 is 6.41 Å². The quantitative estimate of drug-likeness (QED) is 0.753. The predicted octanol–water partition coefficient (Wildman–Crippen LogP) is 1.33. The van der Waals surface area contributed by atoms with Crippen LogP contribution in [0.25, 0.3) is 0 Å². The Kier molecular flexibility index (Phi) is 5.16. The summed E-state index contributed by atoms with van der Waals surface area (Å²) in [6.07, 6.45) is 4.26. The van der Waals surface area contributed by atoms with Crippen molar-refractivity contribution in [2.75, 3.05) is 26.2 Å². The van der Waals surface area contributed by atoms with E-state index in [-0.39, 0.29) is 0 Å². The van der Waals surface area contributed by atoms with E-state index in [1.807, 2.05) is 4.90 Å². The summed E-state index contributed by atoms with van der Waals surface area (Å²) in [6.45, 7) is 4.85. The first-order valence-corrected chi connectivity index (χ1v) is 7.73. The van der Waals surface area contributed by atoms with Gasteiger partial charge >= 0.3 is 6.01 Å². The summed E-state index contributed by atoms with van der Waals surface area (Å²) < 4.78 is 5.53. The number of hydrogen-bond donors (Lipinski definition) is 0. The molecule has 0 N–H and O–H groups in total. The lowest BCUT2D eigenvalue weighted by Crippen LogP contribution is -2.45. The zero-order valence-corrected chi connectivity index (χ0v) is 13.0. The molecular weight excluding hydrogens is 292 g/mol. The number of nitrogens with zero attached hydrogens (tertiary/aromatic N) is 4. The van der Waals surface area contributed by atoms with E-state index in [4.69, 9.17) is 4.74 Å². The lowest BCUT2D eigenvalue weighted by molar-refractivity contribution is -0.119. The highest BCUT2D eigenvalue weighted by Gasteiger charge is 2.15. The number of aromatic nitrogens is 2. The molecule has 0 spiro atoms. The van der Waals surface area contributed by atoms with Crippen molar-refractivity contribution in [2.45, 2.75) is 13.2 Å². The number of benzene rings is 1. The summed E-state index contributed by atoms with van der Waals surface area (Å²) >= 11 is 0. The highest BCUT2D eigenvalue weighted by atomic mass is 16.5. The molecule has 0 radical (unpaired) electrons. The van der Waals surface area contributed by atoms with Gasteiger partial charge in [-0.05, 0) is 17.2 Å². The molecule has 120 valence electrons. The van der Waals surface area contributed by atoms with Crippen molar-refractivity contribution in [2.24, 2.45) is 0 Å². The lowest BCUT2D eigenvalue weighted by atomic mass is 10.1. The zero-order valence-electron chi connectivity index (χ0n) is 13.0. The second kappa shape index (κ2) is 7.69. The molecule has 1 saturated heterocycles. The molecule has 1 aliphatic heterocycles. The minimum Gasteiger partial charge on any atom is -0.459 e. The van der Waals surface area contributed by atoms with Gasteiger partial charge in [-0.1, -0.05) is 24.3 Å². The molecule has 2 aromatic rings. The summed E-state index contributed by atoms with van der Waals surface area (Å²) in [6, 6.07) is 10.5. The number of amides is 1. The molecule has 1 aromatic heterocycles. The predicted molar refractivity (Wildman–Crippen MR) is 85.7 cm³/mol. The molecule has 2 heterocycles. The first-order chi connectivity index (χ1) is 11.3. The third-order valence-corrected chi connectivity index (χ3v) is 3.90. The van der Waals surface area contributed by atoms with Crippen molar-refractivity contribution in [3.63, 3.8) is 0 Å². The maximum Gasteiger partial charge on any atom is 0.316 e. The van der Waals surface area contributed by atoms with Crippen LogP contribution in [0.2, 0.25) is 0 Å². The second-order valence-electron chi connectivity index (χ2n) is 5.55. The molecule has 1 fully saturated rings. The Bertz CT molecular complexity index is 610. The molecule has 0 bridgehead atoms. The third-order valence-electron chi connectivity index (χ3n) is 3.90. The van der Waals surface area contributed by atoms with Crippen LogP contribution < -0.4 is 4.74 Å². The van der Waals surface area contributed by atoms with Gasteiger partial charge in [-0.15, -0.1) is 0 Å². The first kappa shape index (κ1) is 15.4. The van der Waals surface area contributed by atoms with Crippen molar-refractivity contribution in [3.05, 3.63) is 53.9 Å². The fourth-order valence-electron chi connectivity index (χ4n) is 2.53. The molecule has 1 amide bonds. The molecule has 1 aliphatic rings. The van der Waals surface area contributed by atoms with Gasteiger partial charge < -0.3 is 9.64 Å². The van der Waals surface area contributed by atoms with E-state index >= 15 is 0 Å². The van der Waals surface area contributed by atoms with Gasteiger partial charge in [0.1, 0.15) is 6.61 Å². The average Bonchev–Trinajstić information content (AvgIpc) is 2.63. The molecule has 0 saturated carbocycles. The molecule has 0 aliphatic carbocycles. The minimum atomic E-state index is 0.393. The maximum absolute atomic E-state index is 10.7. The Morgan fingerprint density at radius 1 is 1.00 bits per heavy atom. The zero-order chi connectivity index (χ0) is 15.9. The second-order valence-corrected chi connectivity index (χ2v) is 5.55. The van der Waals surface area contributed by atoms with Crippen molar-refractivity contribution < 1.29 is 9.53 Å². The van der Waals surface area contributed by atoms with Crippen LogP contribution in [0.3, 0.4) is 0 Å². The van der Waals surface area contributed by atoms with Crippen LogP contribution in [-0.2, 0) is 17.9 Å². The molecular formula is C17H20N4O2. The monoisotopic (exact) mass is 312 g/mol. The van der Waals surface area contributed by atoms with Crippen LogP contribution in [0.5, 0.6) is 6.01 Å². The van der Waals surface area contributed by atoms with Crippen LogP contribution in [0.15, 0.2) is 42.7 Å². The normalized spacial score (nSPS) is 15.4. The number of hydrogen-bond acceptors (Lipinski definition) is 5. The van der Waals surface area contributed by atoms with Gasteiger partial charge in [-0.2, -0.15) is 0 Å². The molecule has 0 unspecified atom stereocenters. The molecule has 6 nitrogen and oxygen atoms in total. The van der Waals surface area contributed by atoms with Crippen LogP contribution in [0.4, 0.5) is 0 Å². The van der Waals surface area contributed by atoms with E-state index in [0.717, 1.165) is 44.7 Å². The standard InChI is InChI=1S/C17H20N4O2/c22-14-21-10-8-20(9-11-21)12-15-2-4-16(5-3-15)13-23-17-18-6-1-7-19-17/h1-7,14H,8-13H2. The molecule has 1 aromatic carbocycles. The molecule has 6 heteroatoms. The summed E-state index contributed by atoms with van der Waals surface area (Å²) in [7, 11) is 0. The SMILES string of the molecule is O=CN1CCN(Cc2ccc(COc3ncccn3)cc2)CC1. The van der Waals surface area contributed by atoms with Crippen molar-refractivity contribution in [3.8, 4) is 6.01 Å². The Morgan fingerprint density at radius 3 is 2.30 bits per heavy atom. The van der Waals surface area contributed by atoms with Gasteiger partial charge in [-0.25, -0.2) is 9.97 Å². The van der Waals surface area contributed by atoms with Gasteiger partial charge in [0.2, 0.25) is 6.41 Å². The average molecular weight is 312 g/mol. The van der Waals surface area contributed by atoms with Gasteiger partial charge in [0.25, 0.3) is 0 Å². The summed E-state index contributed by atoms with van der Waals surface area (Å²) in [5, 5.41) is 0. The van der Waals surface area contributed by atoms with Crippen molar-refractivity contribution in [1.82, 2.24) is 19.8 Å². The van der Waals surface area contributed by atoms with Crippen LogP contribution in [0.1, 0.15) is 11.1 Å². The fraction of sp³-hybridized carbons (Fsp3) is 0.353. The van der Waals surface area contributed by atoms with Gasteiger partial charge in [0.15, 0.2) is 0 Å². The van der Waals surface area contributed by atoms with Gasteiger partial charge in [-0.3, -0.25) is 9.69 Å². The highest BCUT2D eigenvalue weighted by molar-refractivity contribution is 5.47. The molecule has 0 atom stereocenters. The number of ether oxygens (including phenoxy) is 1. The molecule has 23 heavy (non-hydrogen) atoms. The number of rotatable bonds is 6. The van der Waals surface area contributed by atoms with Crippen LogP contribution >= 0.6 is 0 Å². The van der Waals surface area contributed by atoms with Crippen LogP contribution in [-0.4, -0.2) is 52.4 Å². The number of piperazine rings is 1. The van der Waals surface area contributed by atoms with Gasteiger partial charge in [0, 0.05) is 45.1 Å². The van der Waals surface area contributed by atoms with E-state index in [1.54, 1.807) is 18.5 Å². The van der Waals surface area contributed by atoms with E-state index in [0.29, 0.717) is 12.6 Å². The summed E-state index contributed by atoms with van der Waals surface area (Å²) in [4.78, 5) is 23.0. The van der Waals surface area contributed by atoms with E-state index < -0.39 is 0 Å². The Morgan fingerprint density at radius 2 is 1.65 bits per heavy atom. The minimum absolute atomic E-state index is 0.393. The Hall–Kier alpha value is -2.47. The highest BCUT2D eigenvalue weighted by Crippen LogP contribution is 2.11.